The molecule has 1 atom stereocenters. The number of aromatic carboxylic acids is 1. The van der Waals surface area contributed by atoms with Gasteiger partial charge in [0.05, 0.1) is 29.4 Å². The molecule has 0 aliphatic heterocycles. The van der Waals surface area contributed by atoms with Gasteiger partial charge in [-0.3, -0.25) is 9.78 Å². The molecule has 0 saturated heterocycles. The molecule has 0 fully saturated rings. The van der Waals surface area contributed by atoms with Gasteiger partial charge in [0.25, 0.3) is 0 Å². The zero-order valence-electron chi connectivity index (χ0n) is 20.0. The van der Waals surface area contributed by atoms with E-state index in [0.717, 1.165) is 0 Å². The molecular weight excluding hydrogens is 522 g/mol. The highest BCUT2D eigenvalue weighted by atomic mass is 35.5. The third-order valence-corrected chi connectivity index (χ3v) is 6.33. The molecule has 2 aromatic carbocycles. The number of aliphatic hydroxyl groups is 1. The maximum atomic E-state index is 14.8. The van der Waals surface area contributed by atoms with Crippen molar-refractivity contribution in [2.24, 2.45) is 5.92 Å². The Balaban J connectivity index is 0.00000380. The monoisotopic (exact) mass is 546 g/mol. The molecule has 0 unspecified atom stereocenters. The van der Waals surface area contributed by atoms with Crippen LogP contribution in [0.5, 0.6) is 11.5 Å². The number of nitrogens with zero attached hydrogens (tertiary/aromatic N) is 2. The van der Waals surface area contributed by atoms with Crippen molar-refractivity contribution in [3.8, 4) is 11.5 Å². The van der Waals surface area contributed by atoms with Gasteiger partial charge in [0.15, 0.2) is 0 Å². The summed E-state index contributed by atoms with van der Waals surface area (Å²) in [5, 5.41) is 19.8. The van der Waals surface area contributed by atoms with Gasteiger partial charge in [0.1, 0.15) is 22.9 Å². The average Bonchev–Trinajstić information content (AvgIpc) is 2.84. The van der Waals surface area contributed by atoms with Gasteiger partial charge in [-0.15, -0.1) is 12.4 Å². The Morgan fingerprint density at radius 1 is 1.19 bits per heavy atom. The number of pyridine rings is 2. The Labute approximate surface area is 223 Å². The SMILES string of the molecule is CC(C)[C@@H](CO)n1cc(C(=O)O)c(=O)c2cc(Cc3cccc(Cl)c3F)c(Oc3cccnc3)cc21.Cl. The highest BCUT2D eigenvalue weighted by Crippen LogP contribution is 2.34. The number of aromatic nitrogens is 2. The quantitative estimate of drug-likeness (QED) is 0.286. The summed E-state index contributed by atoms with van der Waals surface area (Å²) in [6.45, 7) is 3.49. The first-order valence-corrected chi connectivity index (χ1v) is 11.7. The van der Waals surface area contributed by atoms with Gasteiger partial charge < -0.3 is 19.5 Å². The standard InChI is InChI=1S/C27H24ClFN2O5.ClH/c1-15(2)23(14-32)31-13-20(27(34)35)26(33)19-10-17(9-16-5-3-7-21(28)25(16)29)24(11-22(19)31)36-18-6-4-8-30-12-18;/h3-8,10-13,15,23,32H,9,14H2,1-2H3,(H,34,35);1H/t23-;/m1./s1. The van der Waals surface area contributed by atoms with Crippen LogP contribution in [0, 0.1) is 11.7 Å². The number of carbonyl (C=O) groups is 1. The third kappa shape index (κ3) is 5.77. The van der Waals surface area contributed by atoms with Crippen molar-refractivity contribution < 1.29 is 24.1 Å². The van der Waals surface area contributed by atoms with E-state index in [2.05, 4.69) is 4.98 Å². The second-order valence-corrected chi connectivity index (χ2v) is 9.14. The summed E-state index contributed by atoms with van der Waals surface area (Å²) in [4.78, 5) is 29.1. The number of carboxylic acids is 1. The first-order valence-electron chi connectivity index (χ1n) is 11.3. The van der Waals surface area contributed by atoms with Crippen LogP contribution in [0.3, 0.4) is 0 Å². The smallest absolute Gasteiger partial charge is 0.341 e. The van der Waals surface area contributed by atoms with Gasteiger partial charge in [-0.1, -0.05) is 37.6 Å². The molecule has 194 valence electrons. The zero-order chi connectivity index (χ0) is 26.0. The van der Waals surface area contributed by atoms with Crippen LogP contribution < -0.4 is 10.2 Å². The van der Waals surface area contributed by atoms with Crippen molar-refractivity contribution in [1.82, 2.24) is 9.55 Å². The zero-order valence-corrected chi connectivity index (χ0v) is 21.6. The Hall–Kier alpha value is -3.46. The van der Waals surface area contributed by atoms with Crippen LogP contribution in [-0.2, 0) is 6.42 Å². The topological polar surface area (TPSA) is 102 Å². The van der Waals surface area contributed by atoms with Crippen LogP contribution in [0.2, 0.25) is 5.02 Å². The molecule has 7 nitrogen and oxygen atoms in total. The molecule has 2 N–H and O–H groups in total. The molecule has 0 aliphatic carbocycles. The number of ether oxygens (including phenoxy) is 1. The Morgan fingerprint density at radius 2 is 1.95 bits per heavy atom. The van der Waals surface area contributed by atoms with Gasteiger partial charge in [-0.2, -0.15) is 0 Å². The normalized spacial score (nSPS) is 11.8. The molecule has 4 aromatic rings. The molecule has 0 amide bonds. The Kier molecular flexibility index (Phi) is 8.91. The molecule has 4 rings (SSSR count). The lowest BCUT2D eigenvalue weighted by atomic mass is 9.98. The average molecular weight is 547 g/mol. The molecule has 10 heteroatoms. The van der Waals surface area contributed by atoms with Gasteiger partial charge in [-0.25, -0.2) is 9.18 Å². The van der Waals surface area contributed by atoms with Crippen molar-refractivity contribution in [1.29, 1.82) is 0 Å². The number of fused-ring (bicyclic) bond motifs is 1. The summed E-state index contributed by atoms with van der Waals surface area (Å²) in [5.74, 6) is -1.31. The van der Waals surface area contributed by atoms with E-state index < -0.39 is 28.8 Å². The van der Waals surface area contributed by atoms with Gasteiger partial charge in [0, 0.05) is 35.8 Å². The van der Waals surface area contributed by atoms with E-state index in [0.29, 0.717) is 22.6 Å². The molecule has 0 saturated carbocycles. The number of hydrogen-bond acceptors (Lipinski definition) is 5. The second-order valence-electron chi connectivity index (χ2n) is 8.74. The highest BCUT2D eigenvalue weighted by Gasteiger charge is 2.23. The van der Waals surface area contributed by atoms with Crippen LogP contribution >= 0.6 is 24.0 Å². The minimum atomic E-state index is -1.38. The largest absolute Gasteiger partial charge is 0.477 e. The maximum Gasteiger partial charge on any atom is 0.341 e. The summed E-state index contributed by atoms with van der Waals surface area (Å²) in [6.07, 6.45) is 4.38. The first kappa shape index (κ1) is 28.1. The molecular formula is C27H25Cl2FN2O5. The predicted molar refractivity (Wildman–Crippen MR) is 142 cm³/mol. The maximum absolute atomic E-state index is 14.8. The van der Waals surface area contributed by atoms with Gasteiger partial charge in [0.2, 0.25) is 5.43 Å². The number of aliphatic hydroxyl groups excluding tert-OH is 1. The van der Waals surface area contributed by atoms with Crippen molar-refractivity contribution >= 4 is 40.9 Å². The minimum Gasteiger partial charge on any atom is -0.477 e. The molecule has 2 heterocycles. The third-order valence-electron chi connectivity index (χ3n) is 6.03. The van der Waals surface area contributed by atoms with Crippen molar-refractivity contribution in [2.45, 2.75) is 26.3 Å². The van der Waals surface area contributed by atoms with E-state index in [1.165, 1.54) is 24.5 Å². The van der Waals surface area contributed by atoms with E-state index in [4.69, 9.17) is 16.3 Å². The Bertz CT molecular complexity index is 1490. The van der Waals surface area contributed by atoms with Gasteiger partial charge >= 0.3 is 5.97 Å². The fraction of sp³-hybridized carbons (Fsp3) is 0.222. The summed E-state index contributed by atoms with van der Waals surface area (Å²) < 4.78 is 22.4. The molecule has 0 radical (unpaired) electrons. The van der Waals surface area contributed by atoms with Crippen molar-refractivity contribution in [2.75, 3.05) is 6.61 Å². The Morgan fingerprint density at radius 3 is 2.57 bits per heavy atom. The summed E-state index contributed by atoms with van der Waals surface area (Å²) in [5.41, 5.74) is -0.00358. The fourth-order valence-electron chi connectivity index (χ4n) is 4.13. The van der Waals surface area contributed by atoms with Crippen LogP contribution in [0.4, 0.5) is 4.39 Å². The number of hydrogen-bond donors (Lipinski definition) is 2. The summed E-state index contributed by atoms with van der Waals surface area (Å²) >= 11 is 5.97. The second kappa shape index (κ2) is 11.7. The van der Waals surface area contributed by atoms with E-state index >= 15 is 0 Å². The molecule has 2 aromatic heterocycles. The summed E-state index contributed by atoms with van der Waals surface area (Å²) in [6, 6.07) is 10.6. The summed E-state index contributed by atoms with van der Waals surface area (Å²) in [7, 11) is 0. The lowest BCUT2D eigenvalue weighted by Crippen LogP contribution is -2.25. The molecule has 0 aliphatic rings. The van der Waals surface area contributed by atoms with Gasteiger partial charge in [-0.05, 0) is 35.7 Å². The van der Waals surface area contributed by atoms with E-state index in [9.17, 15) is 24.2 Å². The van der Waals surface area contributed by atoms with E-state index in [-0.39, 0.29) is 47.3 Å². The first-order chi connectivity index (χ1) is 17.2. The van der Waals surface area contributed by atoms with Crippen LogP contribution in [0.1, 0.15) is 41.4 Å². The number of benzene rings is 2. The van der Waals surface area contributed by atoms with E-state index in [1.807, 2.05) is 13.8 Å². The number of halogens is 3. The van der Waals surface area contributed by atoms with Crippen molar-refractivity contribution in [3.05, 3.63) is 98.8 Å². The van der Waals surface area contributed by atoms with Crippen LogP contribution in [0.25, 0.3) is 10.9 Å². The fourth-order valence-corrected chi connectivity index (χ4v) is 4.32. The lowest BCUT2D eigenvalue weighted by Gasteiger charge is -2.25. The van der Waals surface area contributed by atoms with Crippen molar-refractivity contribution in [3.63, 3.8) is 0 Å². The number of carboxylic acid groups (broad SMARTS) is 1. The molecule has 0 bridgehead atoms. The van der Waals surface area contributed by atoms with E-state index in [1.54, 1.807) is 41.1 Å². The van der Waals surface area contributed by atoms with Crippen LogP contribution in [-0.4, -0.2) is 32.3 Å². The number of rotatable bonds is 8. The molecule has 37 heavy (non-hydrogen) atoms. The predicted octanol–water partition coefficient (Wildman–Crippen LogP) is 5.88. The minimum absolute atomic E-state index is 0. The lowest BCUT2D eigenvalue weighted by molar-refractivity contribution is 0.0694. The highest BCUT2D eigenvalue weighted by molar-refractivity contribution is 6.30. The molecule has 0 spiro atoms. The van der Waals surface area contributed by atoms with Crippen LogP contribution in [0.15, 0.2) is 65.8 Å².